The van der Waals surface area contributed by atoms with Gasteiger partial charge in [0.05, 0.1) is 6.61 Å². The molecule has 20 heavy (non-hydrogen) atoms. The Bertz CT molecular complexity index is 505. The molecule has 0 aromatic heterocycles. The van der Waals surface area contributed by atoms with E-state index >= 15 is 0 Å². The van der Waals surface area contributed by atoms with Crippen LogP contribution in [-0.2, 0) is 17.8 Å². The number of nitrogens with one attached hydrogen (secondary N) is 1. The van der Waals surface area contributed by atoms with Crippen LogP contribution in [0.3, 0.4) is 0 Å². The molecule has 1 atom stereocenters. The number of hydrogen-bond acceptors (Lipinski definition) is 3. The summed E-state index contributed by atoms with van der Waals surface area (Å²) in [7, 11) is 3.70. The lowest BCUT2D eigenvalue weighted by atomic mass is 10.1. The largest absolute Gasteiger partial charge is 0.493 e. The number of carbonyl (C=O) groups is 1. The number of hydrogen-bond donors (Lipinski definition) is 1. The standard InChI is InChI=1S/C15H21BrN2O2/c1-10(15(19)17-2)8-18(3)9-12-7-13(16)6-11-4-5-20-14(11)12/h6-7,10H,4-5,8-9H2,1-3H3,(H,17,19)/t10-/m0/s1. The van der Waals surface area contributed by atoms with Gasteiger partial charge in [-0.3, -0.25) is 4.79 Å². The third-order valence-electron chi connectivity index (χ3n) is 3.55. The molecule has 1 aliphatic rings. The molecule has 0 spiro atoms. The minimum Gasteiger partial charge on any atom is -0.493 e. The van der Waals surface area contributed by atoms with Crippen LogP contribution in [0, 0.1) is 5.92 Å². The van der Waals surface area contributed by atoms with E-state index in [1.165, 1.54) is 11.1 Å². The van der Waals surface area contributed by atoms with Crippen molar-refractivity contribution < 1.29 is 9.53 Å². The Balaban J connectivity index is 2.05. The zero-order valence-corrected chi connectivity index (χ0v) is 13.8. The van der Waals surface area contributed by atoms with Crippen molar-refractivity contribution in [3.63, 3.8) is 0 Å². The predicted molar refractivity (Wildman–Crippen MR) is 82.9 cm³/mol. The molecule has 1 aromatic carbocycles. The van der Waals surface area contributed by atoms with E-state index in [1.807, 2.05) is 14.0 Å². The Morgan fingerprint density at radius 1 is 1.55 bits per heavy atom. The number of rotatable bonds is 5. The molecule has 1 aliphatic heterocycles. The Kier molecular flexibility index (Phi) is 5.05. The fraction of sp³-hybridized carbons (Fsp3) is 0.533. The SMILES string of the molecule is CNC(=O)[C@@H](C)CN(C)Cc1cc(Br)cc2c1OCC2. The molecular weight excluding hydrogens is 320 g/mol. The molecule has 0 fully saturated rings. The topological polar surface area (TPSA) is 41.6 Å². The summed E-state index contributed by atoms with van der Waals surface area (Å²) in [6, 6.07) is 4.23. The fourth-order valence-electron chi connectivity index (χ4n) is 2.62. The number of amides is 1. The van der Waals surface area contributed by atoms with Gasteiger partial charge in [-0.1, -0.05) is 22.9 Å². The van der Waals surface area contributed by atoms with E-state index in [-0.39, 0.29) is 11.8 Å². The number of fused-ring (bicyclic) bond motifs is 1. The molecule has 1 amide bonds. The minimum atomic E-state index is -0.0221. The molecule has 1 heterocycles. The Morgan fingerprint density at radius 2 is 2.30 bits per heavy atom. The van der Waals surface area contributed by atoms with Gasteiger partial charge in [-0.15, -0.1) is 0 Å². The highest BCUT2D eigenvalue weighted by Gasteiger charge is 2.20. The Morgan fingerprint density at radius 3 is 3.00 bits per heavy atom. The molecule has 0 saturated carbocycles. The number of nitrogens with zero attached hydrogens (tertiary/aromatic N) is 1. The maximum atomic E-state index is 11.6. The van der Waals surface area contributed by atoms with Crippen molar-refractivity contribution in [3.05, 3.63) is 27.7 Å². The van der Waals surface area contributed by atoms with Crippen molar-refractivity contribution in [1.82, 2.24) is 10.2 Å². The highest BCUT2D eigenvalue weighted by Crippen LogP contribution is 2.33. The normalized spacial score (nSPS) is 14.8. The van der Waals surface area contributed by atoms with Gasteiger partial charge in [0, 0.05) is 42.5 Å². The first-order valence-corrected chi connectivity index (χ1v) is 7.64. The maximum absolute atomic E-state index is 11.6. The predicted octanol–water partition coefficient (Wildman–Crippen LogP) is 2.20. The summed E-state index contributed by atoms with van der Waals surface area (Å²) in [4.78, 5) is 13.7. The van der Waals surface area contributed by atoms with Crippen molar-refractivity contribution in [1.29, 1.82) is 0 Å². The summed E-state index contributed by atoms with van der Waals surface area (Å²) in [5.74, 6) is 1.08. The lowest BCUT2D eigenvalue weighted by molar-refractivity contribution is -0.124. The summed E-state index contributed by atoms with van der Waals surface area (Å²) in [5.41, 5.74) is 2.45. The summed E-state index contributed by atoms with van der Waals surface area (Å²) < 4.78 is 6.82. The Labute approximate surface area is 128 Å². The van der Waals surface area contributed by atoms with E-state index < -0.39 is 0 Å². The van der Waals surface area contributed by atoms with Crippen molar-refractivity contribution >= 4 is 21.8 Å². The second kappa shape index (κ2) is 6.59. The molecule has 2 rings (SSSR count). The van der Waals surface area contributed by atoms with Crippen LogP contribution in [0.15, 0.2) is 16.6 Å². The van der Waals surface area contributed by atoms with Gasteiger partial charge in [-0.25, -0.2) is 0 Å². The van der Waals surface area contributed by atoms with Gasteiger partial charge in [-0.2, -0.15) is 0 Å². The van der Waals surface area contributed by atoms with Gasteiger partial charge in [0.25, 0.3) is 0 Å². The first kappa shape index (κ1) is 15.3. The zero-order valence-electron chi connectivity index (χ0n) is 12.2. The summed E-state index contributed by atoms with van der Waals surface area (Å²) in [6.45, 7) is 4.21. The van der Waals surface area contributed by atoms with Crippen LogP contribution in [0.4, 0.5) is 0 Å². The van der Waals surface area contributed by atoms with Gasteiger partial charge in [0.2, 0.25) is 5.91 Å². The van der Waals surface area contributed by atoms with Crippen LogP contribution in [0.2, 0.25) is 0 Å². The van der Waals surface area contributed by atoms with Gasteiger partial charge in [0.15, 0.2) is 0 Å². The summed E-state index contributed by atoms with van der Waals surface area (Å²) in [5, 5.41) is 2.69. The molecule has 5 heteroatoms. The second-order valence-corrected chi connectivity index (χ2v) is 6.28. The highest BCUT2D eigenvalue weighted by atomic mass is 79.9. The number of carbonyl (C=O) groups excluding carboxylic acids is 1. The number of halogens is 1. The van der Waals surface area contributed by atoms with Crippen molar-refractivity contribution in [3.8, 4) is 5.75 Å². The van der Waals surface area contributed by atoms with Crippen molar-refractivity contribution in [2.24, 2.45) is 5.92 Å². The second-order valence-electron chi connectivity index (χ2n) is 5.36. The van der Waals surface area contributed by atoms with Gasteiger partial charge in [-0.05, 0) is 24.7 Å². The number of benzene rings is 1. The van der Waals surface area contributed by atoms with Crippen LogP contribution in [-0.4, -0.2) is 38.1 Å². The summed E-state index contributed by atoms with van der Waals surface area (Å²) in [6.07, 6.45) is 0.972. The van der Waals surface area contributed by atoms with Gasteiger partial charge in [0.1, 0.15) is 5.75 Å². The van der Waals surface area contributed by atoms with Crippen LogP contribution in [0.25, 0.3) is 0 Å². The molecule has 0 bridgehead atoms. The van der Waals surface area contributed by atoms with Crippen LogP contribution >= 0.6 is 15.9 Å². The molecule has 110 valence electrons. The van der Waals surface area contributed by atoms with E-state index in [4.69, 9.17) is 4.74 Å². The van der Waals surface area contributed by atoms with E-state index in [0.717, 1.165) is 36.3 Å². The van der Waals surface area contributed by atoms with Gasteiger partial charge >= 0.3 is 0 Å². The molecular formula is C15H21BrN2O2. The minimum absolute atomic E-state index is 0.0221. The van der Waals surface area contributed by atoms with Crippen LogP contribution in [0.5, 0.6) is 5.75 Å². The Hall–Kier alpha value is -1.07. The van der Waals surface area contributed by atoms with E-state index in [1.54, 1.807) is 7.05 Å². The molecule has 0 aliphatic carbocycles. The van der Waals surface area contributed by atoms with Crippen LogP contribution < -0.4 is 10.1 Å². The maximum Gasteiger partial charge on any atom is 0.223 e. The molecule has 1 aromatic rings. The average Bonchev–Trinajstić information content (AvgIpc) is 2.85. The molecule has 0 radical (unpaired) electrons. The third-order valence-corrected chi connectivity index (χ3v) is 4.00. The quantitative estimate of drug-likeness (QED) is 0.893. The van der Waals surface area contributed by atoms with E-state index in [2.05, 4.69) is 38.3 Å². The summed E-state index contributed by atoms with van der Waals surface area (Å²) >= 11 is 3.55. The lowest BCUT2D eigenvalue weighted by Crippen LogP contribution is -2.34. The average molecular weight is 341 g/mol. The fourth-order valence-corrected chi connectivity index (χ4v) is 3.17. The molecule has 0 saturated heterocycles. The molecule has 1 N–H and O–H groups in total. The van der Waals surface area contributed by atoms with Crippen molar-refractivity contribution in [2.45, 2.75) is 19.9 Å². The smallest absolute Gasteiger partial charge is 0.223 e. The van der Waals surface area contributed by atoms with E-state index in [0.29, 0.717) is 0 Å². The zero-order chi connectivity index (χ0) is 14.7. The van der Waals surface area contributed by atoms with Crippen molar-refractivity contribution in [2.75, 3.05) is 27.2 Å². The highest BCUT2D eigenvalue weighted by molar-refractivity contribution is 9.10. The monoisotopic (exact) mass is 340 g/mol. The first-order valence-electron chi connectivity index (χ1n) is 6.85. The van der Waals surface area contributed by atoms with Gasteiger partial charge < -0.3 is 15.0 Å². The first-order chi connectivity index (χ1) is 9.51. The van der Waals surface area contributed by atoms with Crippen LogP contribution in [0.1, 0.15) is 18.1 Å². The third kappa shape index (κ3) is 3.52. The molecule has 0 unspecified atom stereocenters. The number of ether oxygens (including phenoxy) is 1. The lowest BCUT2D eigenvalue weighted by Gasteiger charge is -2.21. The molecule has 4 nitrogen and oxygen atoms in total. The van der Waals surface area contributed by atoms with E-state index in [9.17, 15) is 4.79 Å².